The number of carbonyl (C=O) groups excluding carboxylic acids is 1. The number of amides is 1. The van der Waals surface area contributed by atoms with Gasteiger partial charge >= 0.3 is 6.18 Å². The molecule has 10 heteroatoms. The number of nitrogens with zero attached hydrogens (tertiary/aromatic N) is 3. The normalized spacial score (nSPS) is 24.0. The third-order valence-corrected chi connectivity index (χ3v) is 5.07. The number of β-amino-alcohol motifs (C(OH)–C–C–N with tert-alkyl or cyclic N) is 1. The van der Waals surface area contributed by atoms with Gasteiger partial charge in [0.15, 0.2) is 5.69 Å². The predicted octanol–water partition coefficient (Wildman–Crippen LogP) is 2.40. The van der Waals surface area contributed by atoms with Crippen LogP contribution >= 0.6 is 0 Å². The lowest BCUT2D eigenvalue weighted by atomic mass is 9.93. The Morgan fingerprint density at radius 1 is 1.23 bits per heavy atom. The Kier molecular flexibility index (Phi) is 4.98. The van der Waals surface area contributed by atoms with E-state index in [4.69, 9.17) is 0 Å². The second-order valence-corrected chi connectivity index (χ2v) is 6.96. The fourth-order valence-electron chi connectivity index (χ4n) is 3.71. The van der Waals surface area contributed by atoms with Gasteiger partial charge in [-0.15, -0.1) is 0 Å². The molecule has 0 radical (unpaired) electrons. The van der Waals surface area contributed by atoms with Crippen molar-refractivity contribution < 1.29 is 31.9 Å². The number of aromatic nitrogens is 2. The molecule has 0 bridgehead atoms. The Balaban J connectivity index is 1.81. The highest BCUT2D eigenvalue weighted by atomic mass is 19.4. The quantitative estimate of drug-likeness (QED) is 0.818. The van der Waals surface area contributed by atoms with Gasteiger partial charge < -0.3 is 10.0 Å². The fourth-order valence-corrected chi connectivity index (χ4v) is 3.71. The van der Waals surface area contributed by atoms with E-state index in [1.165, 1.54) is 0 Å². The Labute approximate surface area is 146 Å². The van der Waals surface area contributed by atoms with E-state index in [2.05, 4.69) is 5.10 Å². The summed E-state index contributed by atoms with van der Waals surface area (Å²) < 4.78 is 66.6. The SMILES string of the molecule is O=C(Cn1nc(C(F)(F)F)c2c1CCCC2)N1CCCC(O)(C(F)F)C1. The van der Waals surface area contributed by atoms with Crippen LogP contribution in [0.15, 0.2) is 0 Å². The number of likely N-dealkylation sites (tertiary alicyclic amines) is 1. The second kappa shape index (κ2) is 6.79. The Morgan fingerprint density at radius 3 is 2.58 bits per heavy atom. The molecule has 26 heavy (non-hydrogen) atoms. The average Bonchev–Trinajstić information content (AvgIpc) is 2.94. The van der Waals surface area contributed by atoms with Crippen LogP contribution in [0.3, 0.4) is 0 Å². The number of fused-ring (bicyclic) bond motifs is 1. The van der Waals surface area contributed by atoms with Gasteiger partial charge in [0.25, 0.3) is 6.43 Å². The molecule has 1 aliphatic carbocycles. The van der Waals surface area contributed by atoms with E-state index in [0.717, 1.165) is 9.58 Å². The van der Waals surface area contributed by atoms with Crippen molar-refractivity contribution in [3.05, 3.63) is 17.0 Å². The first kappa shape index (κ1) is 19.1. The topological polar surface area (TPSA) is 58.4 Å². The van der Waals surface area contributed by atoms with Crippen LogP contribution in [-0.4, -0.2) is 50.8 Å². The van der Waals surface area contributed by atoms with Crippen molar-refractivity contribution in [1.82, 2.24) is 14.7 Å². The van der Waals surface area contributed by atoms with Gasteiger partial charge in [-0.25, -0.2) is 8.78 Å². The van der Waals surface area contributed by atoms with Crippen LogP contribution in [0.25, 0.3) is 0 Å². The van der Waals surface area contributed by atoms with Crippen LogP contribution < -0.4 is 0 Å². The number of piperidine rings is 1. The first-order chi connectivity index (χ1) is 12.1. The zero-order valence-electron chi connectivity index (χ0n) is 14.0. The Hall–Kier alpha value is -1.71. The molecule has 1 amide bonds. The lowest BCUT2D eigenvalue weighted by Crippen LogP contribution is -2.54. The van der Waals surface area contributed by atoms with E-state index in [-0.39, 0.29) is 31.4 Å². The largest absolute Gasteiger partial charge is 0.435 e. The highest BCUT2D eigenvalue weighted by Crippen LogP contribution is 2.36. The van der Waals surface area contributed by atoms with E-state index < -0.39 is 42.9 Å². The van der Waals surface area contributed by atoms with E-state index >= 15 is 0 Å². The van der Waals surface area contributed by atoms with Crippen molar-refractivity contribution in [3.63, 3.8) is 0 Å². The van der Waals surface area contributed by atoms with Gasteiger partial charge in [0.05, 0.1) is 6.54 Å². The van der Waals surface area contributed by atoms with Gasteiger partial charge in [0.2, 0.25) is 5.91 Å². The molecule has 1 saturated heterocycles. The van der Waals surface area contributed by atoms with Gasteiger partial charge in [0, 0.05) is 17.8 Å². The third-order valence-electron chi connectivity index (χ3n) is 5.07. The van der Waals surface area contributed by atoms with Crippen molar-refractivity contribution in [2.75, 3.05) is 13.1 Å². The van der Waals surface area contributed by atoms with Crippen molar-refractivity contribution in [2.24, 2.45) is 0 Å². The number of hydrogen-bond acceptors (Lipinski definition) is 3. The summed E-state index contributed by atoms with van der Waals surface area (Å²) in [6.07, 6.45) is -5.52. The van der Waals surface area contributed by atoms with Crippen molar-refractivity contribution in [1.29, 1.82) is 0 Å². The summed E-state index contributed by atoms with van der Waals surface area (Å²) in [7, 11) is 0. The van der Waals surface area contributed by atoms with Crippen molar-refractivity contribution >= 4 is 5.91 Å². The molecule has 1 aliphatic heterocycles. The summed E-state index contributed by atoms with van der Waals surface area (Å²) in [4.78, 5) is 13.5. The zero-order valence-corrected chi connectivity index (χ0v) is 14.0. The molecule has 0 spiro atoms. The van der Waals surface area contributed by atoms with Gasteiger partial charge in [-0.1, -0.05) is 0 Å². The van der Waals surface area contributed by atoms with Crippen LogP contribution in [0.2, 0.25) is 0 Å². The number of aliphatic hydroxyl groups is 1. The number of rotatable bonds is 3. The highest BCUT2D eigenvalue weighted by molar-refractivity contribution is 5.76. The van der Waals surface area contributed by atoms with Gasteiger partial charge in [-0.2, -0.15) is 18.3 Å². The maximum Gasteiger partial charge on any atom is 0.435 e. The van der Waals surface area contributed by atoms with E-state index in [9.17, 15) is 31.9 Å². The summed E-state index contributed by atoms with van der Waals surface area (Å²) in [5.74, 6) is -0.617. The molecule has 1 fully saturated rings. The smallest absolute Gasteiger partial charge is 0.382 e. The molecule has 1 atom stereocenters. The molecule has 1 aromatic rings. The molecule has 5 nitrogen and oxygen atoms in total. The Bertz CT molecular complexity index is 688. The minimum Gasteiger partial charge on any atom is -0.382 e. The summed E-state index contributed by atoms with van der Waals surface area (Å²) in [5.41, 5.74) is -2.73. The number of halogens is 5. The molecule has 2 aliphatic rings. The van der Waals surface area contributed by atoms with Gasteiger partial charge in [0.1, 0.15) is 12.1 Å². The average molecular weight is 381 g/mol. The number of hydrogen-bond donors (Lipinski definition) is 1. The molecular formula is C16H20F5N3O2. The molecule has 2 heterocycles. The van der Waals surface area contributed by atoms with Crippen LogP contribution in [0.4, 0.5) is 22.0 Å². The maximum atomic E-state index is 13.2. The first-order valence-electron chi connectivity index (χ1n) is 8.56. The van der Waals surface area contributed by atoms with Crippen molar-refractivity contribution in [3.8, 4) is 0 Å². The molecule has 3 rings (SSSR count). The fraction of sp³-hybridized carbons (Fsp3) is 0.750. The first-order valence-corrected chi connectivity index (χ1v) is 8.56. The monoisotopic (exact) mass is 381 g/mol. The van der Waals surface area contributed by atoms with Crippen LogP contribution in [0, 0.1) is 0 Å². The van der Waals surface area contributed by atoms with E-state index in [1.807, 2.05) is 0 Å². The summed E-state index contributed by atoms with van der Waals surface area (Å²) in [5, 5.41) is 13.5. The number of alkyl halides is 5. The minimum absolute atomic E-state index is 0.121. The summed E-state index contributed by atoms with van der Waals surface area (Å²) in [6.45, 7) is -0.791. The molecule has 1 aromatic heterocycles. The number of carbonyl (C=O) groups is 1. The molecule has 1 unspecified atom stereocenters. The molecular weight excluding hydrogens is 361 g/mol. The van der Waals surface area contributed by atoms with Crippen LogP contribution in [0.1, 0.15) is 42.6 Å². The summed E-state index contributed by atoms with van der Waals surface area (Å²) >= 11 is 0. The molecule has 0 aromatic carbocycles. The van der Waals surface area contributed by atoms with E-state index in [1.54, 1.807) is 0 Å². The highest BCUT2D eigenvalue weighted by Gasteiger charge is 2.43. The van der Waals surface area contributed by atoms with Crippen LogP contribution in [-0.2, 0) is 30.4 Å². The molecule has 146 valence electrons. The van der Waals surface area contributed by atoms with Crippen LogP contribution in [0.5, 0.6) is 0 Å². The predicted molar refractivity (Wildman–Crippen MR) is 80.6 cm³/mol. The maximum absolute atomic E-state index is 13.2. The molecule has 0 saturated carbocycles. The third kappa shape index (κ3) is 3.56. The lowest BCUT2D eigenvalue weighted by Gasteiger charge is -2.38. The minimum atomic E-state index is -4.60. The van der Waals surface area contributed by atoms with Gasteiger partial charge in [-0.3, -0.25) is 9.48 Å². The lowest BCUT2D eigenvalue weighted by molar-refractivity contribution is -0.155. The van der Waals surface area contributed by atoms with Crippen molar-refractivity contribution in [2.45, 2.75) is 63.3 Å². The van der Waals surface area contributed by atoms with E-state index in [0.29, 0.717) is 25.0 Å². The second-order valence-electron chi connectivity index (χ2n) is 6.96. The summed E-state index contributed by atoms with van der Waals surface area (Å²) in [6, 6.07) is 0. The standard InChI is InChI=1S/C16H20F5N3O2/c17-14(18)15(26)6-3-7-23(9-15)12(25)8-24-11-5-2-1-4-10(11)13(22-24)16(19,20)21/h14,26H,1-9H2. The Morgan fingerprint density at radius 2 is 1.92 bits per heavy atom. The zero-order chi connectivity index (χ0) is 19.1. The molecule has 1 N–H and O–H groups in total. The van der Waals surface area contributed by atoms with Gasteiger partial charge in [-0.05, 0) is 38.5 Å².